The molecular weight excluding hydrogens is 228 g/mol. The fourth-order valence-electron chi connectivity index (χ4n) is 1.98. The van der Waals surface area contributed by atoms with Crippen molar-refractivity contribution in [2.24, 2.45) is 0 Å². The topological polar surface area (TPSA) is 43.4 Å². The first-order valence-electron chi connectivity index (χ1n) is 5.87. The lowest BCUT2D eigenvalue weighted by Crippen LogP contribution is -2.02. The normalized spacial score (nSPS) is 10.9. The Balaban J connectivity index is 1.91. The standard InChI is InChI=1S/C15H12O3/c16-14-10-12(8-7-11-4-3-9-17-11)18-15-6-2-1-5-13(14)15/h1-6,9-10H,7-8H2. The molecule has 1 aromatic carbocycles. The number of fused-ring (bicyclic) bond motifs is 1. The van der Waals surface area contributed by atoms with Crippen LogP contribution in [0.5, 0.6) is 0 Å². The molecule has 2 heterocycles. The maximum Gasteiger partial charge on any atom is 0.192 e. The summed E-state index contributed by atoms with van der Waals surface area (Å²) in [6, 6.07) is 12.6. The molecule has 0 aliphatic rings. The van der Waals surface area contributed by atoms with E-state index >= 15 is 0 Å². The van der Waals surface area contributed by atoms with Crippen molar-refractivity contribution in [3.05, 3.63) is 70.5 Å². The summed E-state index contributed by atoms with van der Waals surface area (Å²) in [4.78, 5) is 11.9. The highest BCUT2D eigenvalue weighted by atomic mass is 16.3. The minimum Gasteiger partial charge on any atom is -0.469 e. The van der Waals surface area contributed by atoms with Crippen LogP contribution in [0.2, 0.25) is 0 Å². The largest absolute Gasteiger partial charge is 0.469 e. The number of benzene rings is 1. The van der Waals surface area contributed by atoms with E-state index in [1.54, 1.807) is 18.4 Å². The summed E-state index contributed by atoms with van der Waals surface area (Å²) in [5, 5.41) is 0.624. The van der Waals surface area contributed by atoms with Crippen molar-refractivity contribution in [2.75, 3.05) is 0 Å². The van der Waals surface area contributed by atoms with Crippen molar-refractivity contribution in [3.8, 4) is 0 Å². The van der Waals surface area contributed by atoms with Gasteiger partial charge in [0.15, 0.2) is 5.43 Å². The molecule has 3 heteroatoms. The molecule has 0 aliphatic carbocycles. The summed E-state index contributed by atoms with van der Waals surface area (Å²) in [7, 11) is 0. The summed E-state index contributed by atoms with van der Waals surface area (Å²) in [5.74, 6) is 1.58. The van der Waals surface area contributed by atoms with Gasteiger partial charge in [0.05, 0.1) is 11.6 Å². The Hall–Kier alpha value is -2.29. The van der Waals surface area contributed by atoms with Gasteiger partial charge in [0.25, 0.3) is 0 Å². The molecule has 0 unspecified atom stereocenters. The van der Waals surface area contributed by atoms with Crippen LogP contribution in [-0.2, 0) is 12.8 Å². The van der Waals surface area contributed by atoms with Crippen LogP contribution in [0.25, 0.3) is 11.0 Å². The summed E-state index contributed by atoms with van der Waals surface area (Å²) >= 11 is 0. The first-order chi connectivity index (χ1) is 8.83. The molecule has 3 nitrogen and oxygen atoms in total. The van der Waals surface area contributed by atoms with Gasteiger partial charge in [-0.25, -0.2) is 0 Å². The van der Waals surface area contributed by atoms with Crippen LogP contribution in [0.1, 0.15) is 11.5 Å². The fraction of sp³-hybridized carbons (Fsp3) is 0.133. The predicted octanol–water partition coefficient (Wildman–Crippen LogP) is 3.17. The summed E-state index contributed by atoms with van der Waals surface area (Å²) in [5.41, 5.74) is 0.644. The van der Waals surface area contributed by atoms with Crippen LogP contribution in [0, 0.1) is 0 Å². The van der Waals surface area contributed by atoms with Crippen molar-refractivity contribution >= 4 is 11.0 Å². The molecule has 3 rings (SSSR count). The zero-order chi connectivity index (χ0) is 12.4. The lowest BCUT2D eigenvalue weighted by atomic mass is 10.1. The van der Waals surface area contributed by atoms with Crippen molar-refractivity contribution in [1.82, 2.24) is 0 Å². The van der Waals surface area contributed by atoms with Gasteiger partial charge < -0.3 is 8.83 Å². The molecule has 0 atom stereocenters. The smallest absolute Gasteiger partial charge is 0.192 e. The molecule has 0 radical (unpaired) electrons. The van der Waals surface area contributed by atoms with Crippen molar-refractivity contribution in [1.29, 1.82) is 0 Å². The Morgan fingerprint density at radius 1 is 0.944 bits per heavy atom. The zero-order valence-corrected chi connectivity index (χ0v) is 9.76. The number of rotatable bonds is 3. The van der Waals surface area contributed by atoms with E-state index in [9.17, 15) is 4.79 Å². The zero-order valence-electron chi connectivity index (χ0n) is 9.76. The molecule has 0 N–H and O–H groups in total. The maximum atomic E-state index is 11.9. The van der Waals surface area contributed by atoms with E-state index in [4.69, 9.17) is 8.83 Å². The molecule has 2 aromatic heterocycles. The molecule has 0 saturated heterocycles. The van der Waals surface area contributed by atoms with Gasteiger partial charge in [-0.15, -0.1) is 0 Å². The number of aryl methyl sites for hydroxylation is 2. The van der Waals surface area contributed by atoms with Gasteiger partial charge in [0.2, 0.25) is 0 Å². The van der Waals surface area contributed by atoms with E-state index < -0.39 is 0 Å². The van der Waals surface area contributed by atoms with Gasteiger partial charge >= 0.3 is 0 Å². The quantitative estimate of drug-likeness (QED) is 0.706. The van der Waals surface area contributed by atoms with Crippen molar-refractivity contribution < 1.29 is 8.83 Å². The van der Waals surface area contributed by atoms with E-state index in [1.807, 2.05) is 30.3 Å². The first kappa shape index (κ1) is 10.8. The summed E-state index contributed by atoms with van der Waals surface area (Å²) in [6.45, 7) is 0. The van der Waals surface area contributed by atoms with E-state index in [0.29, 0.717) is 23.2 Å². The molecule has 0 fully saturated rings. The van der Waals surface area contributed by atoms with Crippen LogP contribution in [0.4, 0.5) is 0 Å². The summed E-state index contributed by atoms with van der Waals surface area (Å²) < 4.78 is 11.0. The maximum absolute atomic E-state index is 11.9. The van der Waals surface area contributed by atoms with Crippen molar-refractivity contribution in [2.45, 2.75) is 12.8 Å². The fourth-order valence-corrected chi connectivity index (χ4v) is 1.98. The minimum atomic E-state index is 0.00583. The lowest BCUT2D eigenvalue weighted by Gasteiger charge is -2.01. The molecule has 0 aliphatic heterocycles. The molecule has 18 heavy (non-hydrogen) atoms. The third kappa shape index (κ3) is 2.07. The van der Waals surface area contributed by atoms with Gasteiger partial charge in [-0.05, 0) is 24.3 Å². The second-order valence-corrected chi connectivity index (χ2v) is 4.15. The molecule has 0 bridgehead atoms. The molecule has 3 aromatic rings. The Labute approximate surface area is 104 Å². The van der Waals surface area contributed by atoms with Gasteiger partial charge in [0, 0.05) is 18.9 Å². The highest BCUT2D eigenvalue weighted by Crippen LogP contribution is 2.13. The first-order valence-corrected chi connectivity index (χ1v) is 5.87. The Morgan fingerprint density at radius 2 is 1.78 bits per heavy atom. The van der Waals surface area contributed by atoms with Crippen LogP contribution in [0.15, 0.2) is 62.4 Å². The third-order valence-corrected chi connectivity index (χ3v) is 2.88. The SMILES string of the molecule is O=c1cc(CCc2ccco2)oc2ccccc12. The monoisotopic (exact) mass is 240 g/mol. The predicted molar refractivity (Wildman–Crippen MR) is 68.6 cm³/mol. The molecule has 0 saturated carbocycles. The number of furan rings is 1. The second kappa shape index (κ2) is 4.53. The summed E-state index contributed by atoms with van der Waals surface area (Å²) in [6.07, 6.45) is 3.04. The number of para-hydroxylation sites is 1. The number of hydrogen-bond donors (Lipinski definition) is 0. The van der Waals surface area contributed by atoms with Crippen molar-refractivity contribution in [3.63, 3.8) is 0 Å². The van der Waals surface area contributed by atoms with E-state index in [2.05, 4.69) is 0 Å². The third-order valence-electron chi connectivity index (χ3n) is 2.88. The van der Waals surface area contributed by atoms with Crippen LogP contribution in [0.3, 0.4) is 0 Å². The van der Waals surface area contributed by atoms with E-state index in [-0.39, 0.29) is 5.43 Å². The molecule has 0 amide bonds. The van der Waals surface area contributed by atoms with E-state index in [1.165, 1.54) is 0 Å². The molecular formula is C15H12O3. The van der Waals surface area contributed by atoms with Crippen LogP contribution < -0.4 is 5.43 Å². The highest BCUT2D eigenvalue weighted by Gasteiger charge is 2.05. The van der Waals surface area contributed by atoms with Gasteiger partial charge in [-0.1, -0.05) is 12.1 Å². The Morgan fingerprint density at radius 3 is 2.61 bits per heavy atom. The Bertz CT molecular complexity index is 708. The average Bonchev–Trinajstić information content (AvgIpc) is 2.90. The van der Waals surface area contributed by atoms with Crippen LogP contribution in [-0.4, -0.2) is 0 Å². The van der Waals surface area contributed by atoms with E-state index in [0.717, 1.165) is 12.2 Å². The average molecular weight is 240 g/mol. The molecule has 90 valence electrons. The van der Waals surface area contributed by atoms with Gasteiger partial charge in [0.1, 0.15) is 17.1 Å². The second-order valence-electron chi connectivity index (χ2n) is 4.15. The van der Waals surface area contributed by atoms with Gasteiger partial charge in [-0.2, -0.15) is 0 Å². The highest BCUT2D eigenvalue weighted by molar-refractivity contribution is 5.76. The number of hydrogen-bond acceptors (Lipinski definition) is 3. The molecule has 0 spiro atoms. The van der Waals surface area contributed by atoms with Crippen LogP contribution >= 0.6 is 0 Å². The lowest BCUT2D eigenvalue weighted by molar-refractivity contribution is 0.484. The Kier molecular flexibility index (Phi) is 2.73. The van der Waals surface area contributed by atoms with Gasteiger partial charge in [-0.3, -0.25) is 4.79 Å². The minimum absolute atomic E-state index is 0.00583.